The quantitative estimate of drug-likeness (QED) is 0.798. The second kappa shape index (κ2) is 6.18. The molecule has 0 N–H and O–H groups in total. The van der Waals surface area contributed by atoms with Crippen molar-refractivity contribution in [2.45, 2.75) is 57.5 Å². The van der Waals surface area contributed by atoms with Gasteiger partial charge in [-0.05, 0) is 63.1 Å². The van der Waals surface area contributed by atoms with Gasteiger partial charge in [-0.3, -0.25) is 14.3 Å². The van der Waals surface area contributed by atoms with E-state index in [-0.39, 0.29) is 29.7 Å². The van der Waals surface area contributed by atoms with Crippen LogP contribution in [0.4, 0.5) is 11.4 Å². The summed E-state index contributed by atoms with van der Waals surface area (Å²) >= 11 is 0. The highest BCUT2D eigenvalue weighted by Gasteiger charge is 2.43. The van der Waals surface area contributed by atoms with E-state index in [4.69, 9.17) is 0 Å². The summed E-state index contributed by atoms with van der Waals surface area (Å²) in [6, 6.07) is 6.73. The van der Waals surface area contributed by atoms with Gasteiger partial charge in [0.15, 0.2) is 0 Å². The lowest BCUT2D eigenvalue weighted by molar-refractivity contribution is -0.122. The molecular weight excluding hydrogens is 364 g/mol. The first-order chi connectivity index (χ1) is 14.1. The standard InChI is InChI=1S/C23H26N4O2/c1-14-12-25(22(28)15-2-3-15)21-10-17(18-11-24-26(13-18)19-7-8-19)6-9-20(21)27(14)23(29)16-4-5-16/h6,9-11,13-16,19H,2-5,7-8,12H2,1H3/t14-/m0/s1. The zero-order valence-electron chi connectivity index (χ0n) is 16.8. The Labute approximate surface area is 170 Å². The Morgan fingerprint density at radius 3 is 2.34 bits per heavy atom. The minimum absolute atomic E-state index is 0.00164. The number of hydrogen-bond donors (Lipinski definition) is 0. The normalized spacial score (nSPS) is 23.8. The van der Waals surface area contributed by atoms with E-state index >= 15 is 0 Å². The van der Waals surface area contributed by atoms with Crippen LogP contribution < -0.4 is 9.80 Å². The van der Waals surface area contributed by atoms with Crippen molar-refractivity contribution in [1.82, 2.24) is 9.78 Å². The van der Waals surface area contributed by atoms with E-state index in [1.807, 2.05) is 26.7 Å². The first kappa shape index (κ1) is 17.2. The van der Waals surface area contributed by atoms with E-state index in [9.17, 15) is 9.59 Å². The van der Waals surface area contributed by atoms with Crippen molar-refractivity contribution in [3.8, 4) is 11.1 Å². The number of anilines is 2. The lowest BCUT2D eigenvalue weighted by Crippen LogP contribution is -2.52. The highest BCUT2D eigenvalue weighted by atomic mass is 16.2. The van der Waals surface area contributed by atoms with Gasteiger partial charge < -0.3 is 9.80 Å². The second-order valence-electron chi connectivity index (χ2n) is 9.20. The van der Waals surface area contributed by atoms with E-state index < -0.39 is 0 Å². The maximum absolute atomic E-state index is 13.0. The van der Waals surface area contributed by atoms with Crippen LogP contribution in [0, 0.1) is 11.8 Å². The third kappa shape index (κ3) is 2.96. The molecule has 1 aliphatic heterocycles. The Hall–Kier alpha value is -2.63. The van der Waals surface area contributed by atoms with Crippen LogP contribution in [0.25, 0.3) is 11.1 Å². The predicted octanol–water partition coefficient (Wildman–Crippen LogP) is 3.77. The fourth-order valence-corrected chi connectivity index (χ4v) is 4.45. The van der Waals surface area contributed by atoms with Gasteiger partial charge in [0.2, 0.25) is 11.8 Å². The predicted molar refractivity (Wildman–Crippen MR) is 111 cm³/mol. The van der Waals surface area contributed by atoms with Crippen molar-refractivity contribution in [3.63, 3.8) is 0 Å². The molecule has 0 radical (unpaired) electrons. The monoisotopic (exact) mass is 390 g/mol. The molecule has 1 aromatic heterocycles. The molecule has 0 bridgehead atoms. The minimum Gasteiger partial charge on any atom is -0.308 e. The van der Waals surface area contributed by atoms with Gasteiger partial charge in [0.1, 0.15) is 0 Å². The Morgan fingerprint density at radius 1 is 0.931 bits per heavy atom. The summed E-state index contributed by atoms with van der Waals surface area (Å²) in [7, 11) is 0. The molecule has 2 heterocycles. The van der Waals surface area contributed by atoms with E-state index in [1.165, 1.54) is 12.8 Å². The first-order valence-electron chi connectivity index (χ1n) is 10.9. The highest BCUT2D eigenvalue weighted by molar-refractivity contribution is 6.07. The second-order valence-corrected chi connectivity index (χ2v) is 9.20. The van der Waals surface area contributed by atoms with Gasteiger partial charge in [-0.2, -0.15) is 5.10 Å². The summed E-state index contributed by atoms with van der Waals surface area (Å²) in [5, 5.41) is 4.52. The number of benzene rings is 1. The zero-order chi connectivity index (χ0) is 19.7. The van der Waals surface area contributed by atoms with Crippen molar-refractivity contribution in [2.75, 3.05) is 16.3 Å². The molecule has 6 nitrogen and oxygen atoms in total. The van der Waals surface area contributed by atoms with E-state index in [1.54, 1.807) is 0 Å². The molecule has 1 aromatic carbocycles. The average Bonchev–Trinajstić information content (AvgIpc) is 3.59. The molecule has 0 spiro atoms. The Bertz CT molecular complexity index is 1000. The first-order valence-corrected chi connectivity index (χ1v) is 10.9. The summed E-state index contributed by atoms with van der Waals surface area (Å²) in [6.45, 7) is 2.63. The van der Waals surface area contributed by atoms with Gasteiger partial charge in [0.05, 0.1) is 29.7 Å². The number of aromatic nitrogens is 2. The largest absolute Gasteiger partial charge is 0.308 e. The Kier molecular flexibility index (Phi) is 3.68. The number of carbonyl (C=O) groups excluding carboxylic acids is 2. The summed E-state index contributed by atoms with van der Waals surface area (Å²) in [6.07, 6.45) is 10.4. The number of nitrogens with zero attached hydrogens (tertiary/aromatic N) is 4. The zero-order valence-corrected chi connectivity index (χ0v) is 16.8. The molecule has 0 unspecified atom stereocenters. The van der Waals surface area contributed by atoms with E-state index in [0.717, 1.165) is 48.2 Å². The van der Waals surface area contributed by atoms with Gasteiger partial charge in [0.25, 0.3) is 0 Å². The molecular formula is C23H26N4O2. The third-order valence-electron chi connectivity index (χ3n) is 6.63. The van der Waals surface area contributed by atoms with Crippen LogP contribution in [0.15, 0.2) is 30.6 Å². The highest BCUT2D eigenvalue weighted by Crippen LogP contribution is 2.44. The van der Waals surface area contributed by atoms with Gasteiger partial charge in [-0.25, -0.2) is 0 Å². The molecule has 150 valence electrons. The summed E-state index contributed by atoms with van der Waals surface area (Å²) in [4.78, 5) is 29.9. The van der Waals surface area contributed by atoms with Crippen molar-refractivity contribution < 1.29 is 9.59 Å². The third-order valence-corrected chi connectivity index (χ3v) is 6.63. The van der Waals surface area contributed by atoms with Crippen molar-refractivity contribution in [3.05, 3.63) is 30.6 Å². The van der Waals surface area contributed by atoms with Gasteiger partial charge in [-0.1, -0.05) is 6.07 Å². The van der Waals surface area contributed by atoms with E-state index in [2.05, 4.69) is 30.4 Å². The van der Waals surface area contributed by atoms with Crippen molar-refractivity contribution >= 4 is 23.2 Å². The number of hydrogen-bond acceptors (Lipinski definition) is 3. The molecule has 4 aliphatic rings. The maximum Gasteiger partial charge on any atom is 0.230 e. The van der Waals surface area contributed by atoms with Crippen LogP contribution in [-0.2, 0) is 9.59 Å². The molecule has 6 heteroatoms. The fourth-order valence-electron chi connectivity index (χ4n) is 4.45. The van der Waals surface area contributed by atoms with Gasteiger partial charge >= 0.3 is 0 Å². The molecule has 29 heavy (non-hydrogen) atoms. The number of amides is 2. The van der Waals surface area contributed by atoms with Crippen LogP contribution in [0.1, 0.15) is 51.5 Å². The van der Waals surface area contributed by atoms with Crippen LogP contribution in [0.5, 0.6) is 0 Å². The maximum atomic E-state index is 13.0. The Balaban J connectivity index is 1.42. The summed E-state index contributed by atoms with van der Waals surface area (Å²) in [5.41, 5.74) is 3.88. The Morgan fingerprint density at radius 2 is 1.66 bits per heavy atom. The molecule has 3 aliphatic carbocycles. The van der Waals surface area contributed by atoms with Crippen molar-refractivity contribution in [1.29, 1.82) is 0 Å². The summed E-state index contributed by atoms with van der Waals surface area (Å²) in [5.74, 6) is 0.739. The van der Waals surface area contributed by atoms with Crippen LogP contribution >= 0.6 is 0 Å². The molecule has 3 fully saturated rings. The van der Waals surface area contributed by atoms with Gasteiger partial charge in [-0.15, -0.1) is 0 Å². The number of rotatable bonds is 4. The molecule has 2 aromatic rings. The molecule has 1 atom stereocenters. The molecule has 2 amide bonds. The number of carbonyl (C=O) groups is 2. The topological polar surface area (TPSA) is 58.4 Å². The lowest BCUT2D eigenvalue weighted by atomic mass is 10.0. The molecule has 3 saturated carbocycles. The smallest absolute Gasteiger partial charge is 0.230 e. The SMILES string of the molecule is C[C@H]1CN(C(=O)C2CC2)c2cc(-c3cnn(C4CC4)c3)ccc2N1C(=O)C1CC1. The van der Waals surface area contributed by atoms with Gasteiger partial charge in [0, 0.05) is 30.1 Å². The molecule has 6 rings (SSSR count). The van der Waals surface area contributed by atoms with Crippen molar-refractivity contribution in [2.24, 2.45) is 11.8 Å². The molecule has 0 saturated heterocycles. The van der Waals surface area contributed by atoms with Crippen LogP contribution in [0.2, 0.25) is 0 Å². The van der Waals surface area contributed by atoms with Crippen LogP contribution in [0.3, 0.4) is 0 Å². The average molecular weight is 390 g/mol. The lowest BCUT2D eigenvalue weighted by Gasteiger charge is -2.41. The minimum atomic E-state index is 0.00164. The van der Waals surface area contributed by atoms with Crippen LogP contribution in [-0.4, -0.2) is 34.2 Å². The van der Waals surface area contributed by atoms with E-state index in [0.29, 0.717) is 12.6 Å². The number of fused-ring (bicyclic) bond motifs is 1. The fraction of sp³-hybridized carbons (Fsp3) is 0.522. The summed E-state index contributed by atoms with van der Waals surface area (Å²) < 4.78 is 2.05.